The molecule has 1 amide bonds. The van der Waals surface area contributed by atoms with Gasteiger partial charge in [0.25, 0.3) is 0 Å². The Bertz CT molecular complexity index is 609. The zero-order valence-electron chi connectivity index (χ0n) is 12.5. The average Bonchev–Trinajstić information content (AvgIpc) is 2.92. The molecule has 0 saturated heterocycles. The van der Waals surface area contributed by atoms with Crippen molar-refractivity contribution in [2.24, 2.45) is 7.05 Å². The Morgan fingerprint density at radius 2 is 2.29 bits per heavy atom. The van der Waals surface area contributed by atoms with E-state index in [9.17, 15) is 4.79 Å². The van der Waals surface area contributed by atoms with Gasteiger partial charge in [-0.1, -0.05) is 12.1 Å². The molecule has 2 aromatic rings. The summed E-state index contributed by atoms with van der Waals surface area (Å²) in [5.41, 5.74) is 1.83. The van der Waals surface area contributed by atoms with Gasteiger partial charge in [0.05, 0.1) is 13.3 Å². The van der Waals surface area contributed by atoms with Crippen molar-refractivity contribution in [3.05, 3.63) is 47.8 Å². The number of benzene rings is 1. The number of nitrogens with one attached hydrogen (secondary N) is 2. The summed E-state index contributed by atoms with van der Waals surface area (Å²) in [7, 11) is 5.20. The molecular formula is C15H20N4O2. The Morgan fingerprint density at radius 3 is 2.90 bits per heavy atom. The fourth-order valence-electron chi connectivity index (χ4n) is 2.11. The van der Waals surface area contributed by atoms with E-state index in [2.05, 4.69) is 15.7 Å². The first kappa shape index (κ1) is 15.1. The number of carbonyl (C=O) groups excluding carboxylic acids is 1. The summed E-state index contributed by atoms with van der Waals surface area (Å²) in [6.07, 6.45) is 3.51. The molecule has 0 spiro atoms. The van der Waals surface area contributed by atoms with Crippen LogP contribution in [0.15, 0.2) is 36.7 Å². The molecule has 112 valence electrons. The fraction of sp³-hybridized carbons (Fsp3) is 0.333. The largest absolute Gasteiger partial charge is 0.497 e. The van der Waals surface area contributed by atoms with Crippen LogP contribution in [-0.2, 0) is 18.4 Å². The molecule has 1 aromatic carbocycles. The smallest absolute Gasteiger partial charge is 0.242 e. The van der Waals surface area contributed by atoms with Crippen LogP contribution in [0.2, 0.25) is 0 Å². The molecule has 2 N–H and O–H groups in total. The molecule has 1 heterocycles. The standard InChI is InChI=1S/C15H20N4O2/c1-16-14(12-9-18-19(2)10-12)15(20)17-8-11-5-4-6-13(7-11)21-3/h4-7,9-10,14,16H,8H2,1-3H3,(H,17,20). The number of hydrogen-bond acceptors (Lipinski definition) is 4. The van der Waals surface area contributed by atoms with Gasteiger partial charge in [0.2, 0.25) is 5.91 Å². The van der Waals surface area contributed by atoms with Gasteiger partial charge in [0, 0.05) is 25.4 Å². The highest BCUT2D eigenvalue weighted by molar-refractivity contribution is 5.83. The van der Waals surface area contributed by atoms with Crippen LogP contribution in [0.25, 0.3) is 0 Å². The highest BCUT2D eigenvalue weighted by atomic mass is 16.5. The lowest BCUT2D eigenvalue weighted by molar-refractivity contribution is -0.123. The van der Waals surface area contributed by atoms with Gasteiger partial charge in [-0.2, -0.15) is 5.10 Å². The topological polar surface area (TPSA) is 68.2 Å². The molecule has 1 unspecified atom stereocenters. The Hall–Kier alpha value is -2.34. The monoisotopic (exact) mass is 288 g/mol. The van der Waals surface area contributed by atoms with Gasteiger partial charge in [-0.15, -0.1) is 0 Å². The van der Waals surface area contributed by atoms with Gasteiger partial charge in [-0.3, -0.25) is 9.48 Å². The SMILES string of the molecule is CNC(C(=O)NCc1cccc(OC)c1)c1cnn(C)c1. The molecular weight excluding hydrogens is 268 g/mol. The van der Waals surface area contributed by atoms with Crippen LogP contribution in [0.5, 0.6) is 5.75 Å². The highest BCUT2D eigenvalue weighted by Gasteiger charge is 2.19. The number of hydrogen-bond donors (Lipinski definition) is 2. The van der Waals surface area contributed by atoms with E-state index in [0.717, 1.165) is 16.9 Å². The van der Waals surface area contributed by atoms with E-state index in [1.165, 1.54) is 0 Å². The van der Waals surface area contributed by atoms with Crippen molar-refractivity contribution < 1.29 is 9.53 Å². The van der Waals surface area contributed by atoms with Crippen molar-refractivity contribution in [2.45, 2.75) is 12.6 Å². The third-order valence-corrected chi connectivity index (χ3v) is 3.21. The lowest BCUT2D eigenvalue weighted by Crippen LogP contribution is -2.35. The molecule has 1 atom stereocenters. The third-order valence-electron chi connectivity index (χ3n) is 3.21. The lowest BCUT2D eigenvalue weighted by Gasteiger charge is -2.14. The summed E-state index contributed by atoms with van der Waals surface area (Å²) in [6.45, 7) is 0.453. The summed E-state index contributed by atoms with van der Waals surface area (Å²) in [6, 6.07) is 7.21. The second-order valence-electron chi connectivity index (χ2n) is 4.74. The van der Waals surface area contributed by atoms with Crippen molar-refractivity contribution in [2.75, 3.05) is 14.2 Å². The molecule has 0 aliphatic carbocycles. The Morgan fingerprint density at radius 1 is 1.48 bits per heavy atom. The van der Waals surface area contributed by atoms with E-state index in [0.29, 0.717) is 6.54 Å². The molecule has 21 heavy (non-hydrogen) atoms. The molecule has 1 aromatic heterocycles. The second-order valence-corrected chi connectivity index (χ2v) is 4.74. The first-order valence-corrected chi connectivity index (χ1v) is 6.70. The predicted octanol–water partition coefficient (Wildman–Crippen LogP) is 1.01. The third kappa shape index (κ3) is 3.82. The number of methoxy groups -OCH3 is 1. The average molecular weight is 288 g/mol. The van der Waals surface area contributed by atoms with Crippen LogP contribution in [-0.4, -0.2) is 29.8 Å². The molecule has 0 bridgehead atoms. The highest BCUT2D eigenvalue weighted by Crippen LogP contribution is 2.14. The van der Waals surface area contributed by atoms with E-state index in [1.807, 2.05) is 37.5 Å². The Kier molecular flexibility index (Phi) is 4.94. The van der Waals surface area contributed by atoms with Crippen LogP contribution in [0.4, 0.5) is 0 Å². The minimum atomic E-state index is -0.413. The molecule has 6 heteroatoms. The maximum absolute atomic E-state index is 12.3. The number of ether oxygens (including phenoxy) is 1. The number of likely N-dealkylation sites (N-methyl/N-ethyl adjacent to an activating group) is 1. The van der Waals surface area contributed by atoms with Crippen molar-refractivity contribution in [1.82, 2.24) is 20.4 Å². The normalized spacial score (nSPS) is 12.0. The van der Waals surface area contributed by atoms with Gasteiger partial charge < -0.3 is 15.4 Å². The summed E-state index contributed by atoms with van der Waals surface area (Å²) in [4.78, 5) is 12.3. The van der Waals surface area contributed by atoms with Crippen LogP contribution in [0, 0.1) is 0 Å². The number of carbonyl (C=O) groups is 1. The Labute approximate surface area is 124 Å². The zero-order valence-corrected chi connectivity index (χ0v) is 12.5. The Balaban J connectivity index is 1.99. The number of rotatable bonds is 6. The van der Waals surface area contributed by atoms with E-state index >= 15 is 0 Å². The van der Waals surface area contributed by atoms with Crippen molar-refractivity contribution in [1.29, 1.82) is 0 Å². The van der Waals surface area contributed by atoms with Gasteiger partial charge in [-0.05, 0) is 24.7 Å². The van der Waals surface area contributed by atoms with Gasteiger partial charge in [0.15, 0.2) is 0 Å². The summed E-state index contributed by atoms with van der Waals surface area (Å²) in [5.74, 6) is 0.687. The van der Waals surface area contributed by atoms with Crippen molar-refractivity contribution in [3.8, 4) is 5.75 Å². The predicted molar refractivity (Wildman–Crippen MR) is 79.8 cm³/mol. The number of nitrogens with zero attached hydrogens (tertiary/aromatic N) is 2. The molecule has 6 nitrogen and oxygen atoms in total. The molecule has 0 aliphatic heterocycles. The maximum Gasteiger partial charge on any atom is 0.242 e. The van der Waals surface area contributed by atoms with Crippen LogP contribution < -0.4 is 15.4 Å². The number of aromatic nitrogens is 2. The van der Waals surface area contributed by atoms with Crippen LogP contribution in [0.3, 0.4) is 0 Å². The van der Waals surface area contributed by atoms with E-state index < -0.39 is 6.04 Å². The van der Waals surface area contributed by atoms with Gasteiger partial charge in [-0.25, -0.2) is 0 Å². The second kappa shape index (κ2) is 6.90. The number of aryl methyl sites for hydroxylation is 1. The molecule has 0 radical (unpaired) electrons. The summed E-state index contributed by atoms with van der Waals surface area (Å²) < 4.78 is 6.84. The van der Waals surface area contributed by atoms with E-state index in [4.69, 9.17) is 4.74 Å². The molecule has 0 saturated carbocycles. The molecule has 2 rings (SSSR count). The van der Waals surface area contributed by atoms with Crippen molar-refractivity contribution >= 4 is 5.91 Å². The van der Waals surface area contributed by atoms with Crippen LogP contribution in [0.1, 0.15) is 17.2 Å². The quantitative estimate of drug-likeness (QED) is 0.832. The first-order valence-electron chi connectivity index (χ1n) is 6.70. The van der Waals surface area contributed by atoms with E-state index in [-0.39, 0.29) is 5.91 Å². The van der Waals surface area contributed by atoms with Gasteiger partial charge in [0.1, 0.15) is 11.8 Å². The van der Waals surface area contributed by atoms with E-state index in [1.54, 1.807) is 25.0 Å². The lowest BCUT2D eigenvalue weighted by atomic mass is 10.1. The van der Waals surface area contributed by atoms with Crippen molar-refractivity contribution in [3.63, 3.8) is 0 Å². The fourth-order valence-corrected chi connectivity index (χ4v) is 2.11. The zero-order chi connectivity index (χ0) is 15.2. The maximum atomic E-state index is 12.3. The molecule has 0 fully saturated rings. The van der Waals surface area contributed by atoms with Crippen LogP contribution >= 0.6 is 0 Å². The molecule has 0 aliphatic rings. The summed E-state index contributed by atoms with van der Waals surface area (Å²) >= 11 is 0. The summed E-state index contributed by atoms with van der Waals surface area (Å²) in [5, 5.41) is 10.0. The van der Waals surface area contributed by atoms with Gasteiger partial charge >= 0.3 is 0 Å². The number of amides is 1. The minimum absolute atomic E-state index is 0.0895. The first-order chi connectivity index (χ1) is 10.1. The minimum Gasteiger partial charge on any atom is -0.497 e.